The van der Waals surface area contributed by atoms with E-state index in [0.29, 0.717) is 13.2 Å². The quantitative estimate of drug-likeness (QED) is 0.344. The Balaban J connectivity index is 3.36. The SMILES string of the molecule is COC(C)(C)CCOCCC(=O)ONN. The number of hydrogen-bond acceptors (Lipinski definition) is 6. The molecule has 0 aromatic carbocycles. The topological polar surface area (TPSA) is 82.8 Å². The van der Waals surface area contributed by atoms with Crippen LogP contribution < -0.4 is 11.4 Å². The number of rotatable bonds is 8. The molecule has 0 amide bonds. The van der Waals surface area contributed by atoms with Gasteiger partial charge in [0, 0.05) is 13.7 Å². The second-order valence-electron chi connectivity index (χ2n) is 3.67. The first kappa shape index (κ1) is 14.3. The van der Waals surface area contributed by atoms with E-state index in [0.717, 1.165) is 6.42 Å². The molecule has 0 aliphatic carbocycles. The van der Waals surface area contributed by atoms with Gasteiger partial charge in [0.05, 0.1) is 18.6 Å². The Kier molecular flexibility index (Phi) is 7.23. The Labute approximate surface area is 90.0 Å². The van der Waals surface area contributed by atoms with Gasteiger partial charge in [0.1, 0.15) is 0 Å². The van der Waals surface area contributed by atoms with Crippen LogP contribution in [0.2, 0.25) is 0 Å². The summed E-state index contributed by atoms with van der Waals surface area (Å²) in [6.45, 7) is 4.82. The zero-order valence-electron chi connectivity index (χ0n) is 9.54. The van der Waals surface area contributed by atoms with Gasteiger partial charge in [-0.3, -0.25) is 4.79 Å². The standard InChI is InChI=1S/C9H20N2O4/c1-9(2,13-3)5-7-14-6-4-8(12)15-11-10/h11H,4-7,10H2,1-3H3. The van der Waals surface area contributed by atoms with Crippen LogP contribution in [0.25, 0.3) is 0 Å². The maximum atomic E-state index is 10.8. The van der Waals surface area contributed by atoms with Crippen molar-refractivity contribution in [3.8, 4) is 0 Å². The van der Waals surface area contributed by atoms with E-state index in [-0.39, 0.29) is 12.0 Å². The first-order chi connectivity index (χ1) is 7.02. The summed E-state index contributed by atoms with van der Waals surface area (Å²) < 4.78 is 10.4. The highest BCUT2D eigenvalue weighted by Crippen LogP contribution is 2.12. The van der Waals surface area contributed by atoms with Crippen molar-refractivity contribution < 1.29 is 19.1 Å². The van der Waals surface area contributed by atoms with E-state index < -0.39 is 5.97 Å². The number of methoxy groups -OCH3 is 1. The lowest BCUT2D eigenvalue weighted by molar-refractivity contribution is -0.152. The van der Waals surface area contributed by atoms with E-state index in [2.05, 4.69) is 4.84 Å². The van der Waals surface area contributed by atoms with Crippen molar-refractivity contribution in [2.75, 3.05) is 20.3 Å². The normalized spacial score (nSPS) is 11.5. The van der Waals surface area contributed by atoms with Crippen LogP contribution in [0.4, 0.5) is 0 Å². The number of nitrogens with two attached hydrogens (primary N) is 1. The minimum Gasteiger partial charge on any atom is -0.381 e. The molecule has 0 saturated heterocycles. The Bertz CT molecular complexity index is 185. The fourth-order valence-corrected chi connectivity index (χ4v) is 0.794. The van der Waals surface area contributed by atoms with Gasteiger partial charge in [0.25, 0.3) is 0 Å². The fraction of sp³-hybridized carbons (Fsp3) is 0.889. The van der Waals surface area contributed by atoms with Gasteiger partial charge in [-0.05, 0) is 20.3 Å². The molecule has 0 aromatic heterocycles. The Morgan fingerprint density at radius 1 is 1.40 bits per heavy atom. The molecule has 15 heavy (non-hydrogen) atoms. The van der Waals surface area contributed by atoms with Gasteiger partial charge >= 0.3 is 5.97 Å². The van der Waals surface area contributed by atoms with E-state index in [1.807, 2.05) is 19.4 Å². The summed E-state index contributed by atoms with van der Waals surface area (Å²) >= 11 is 0. The molecular formula is C9H20N2O4. The first-order valence-corrected chi connectivity index (χ1v) is 4.80. The van der Waals surface area contributed by atoms with Gasteiger partial charge in [0.2, 0.25) is 0 Å². The van der Waals surface area contributed by atoms with Crippen molar-refractivity contribution in [3.63, 3.8) is 0 Å². The van der Waals surface area contributed by atoms with Gasteiger partial charge < -0.3 is 14.3 Å². The summed E-state index contributed by atoms with van der Waals surface area (Å²) in [7, 11) is 1.66. The van der Waals surface area contributed by atoms with Crippen LogP contribution in [-0.4, -0.2) is 31.9 Å². The number of carbonyl (C=O) groups is 1. The molecule has 0 rings (SSSR count). The highest BCUT2D eigenvalue weighted by Gasteiger charge is 2.15. The van der Waals surface area contributed by atoms with Crippen molar-refractivity contribution in [2.24, 2.45) is 5.84 Å². The van der Waals surface area contributed by atoms with Crippen LogP contribution in [0, 0.1) is 0 Å². The molecule has 0 spiro atoms. The highest BCUT2D eigenvalue weighted by molar-refractivity contribution is 5.69. The lowest BCUT2D eigenvalue weighted by Crippen LogP contribution is -2.27. The third-order valence-electron chi connectivity index (χ3n) is 2.02. The molecule has 0 fully saturated rings. The molecular weight excluding hydrogens is 200 g/mol. The second kappa shape index (κ2) is 7.58. The average Bonchev–Trinajstić information content (AvgIpc) is 2.17. The molecule has 0 aromatic rings. The minimum absolute atomic E-state index is 0.178. The molecule has 0 unspecified atom stereocenters. The van der Waals surface area contributed by atoms with Crippen LogP contribution in [0.15, 0.2) is 0 Å². The minimum atomic E-state index is -0.441. The van der Waals surface area contributed by atoms with E-state index in [4.69, 9.17) is 15.3 Å². The summed E-state index contributed by atoms with van der Waals surface area (Å²) in [5.41, 5.74) is 1.62. The maximum absolute atomic E-state index is 10.8. The van der Waals surface area contributed by atoms with Gasteiger partial charge in [-0.25, -0.2) is 5.84 Å². The van der Waals surface area contributed by atoms with Crippen molar-refractivity contribution in [2.45, 2.75) is 32.3 Å². The second-order valence-corrected chi connectivity index (χ2v) is 3.67. The van der Waals surface area contributed by atoms with Crippen LogP contribution in [0.1, 0.15) is 26.7 Å². The molecule has 0 aliphatic rings. The molecule has 0 heterocycles. The summed E-state index contributed by atoms with van der Waals surface area (Å²) in [6.07, 6.45) is 0.950. The predicted octanol–water partition coefficient (Wildman–Crippen LogP) is 0.130. The summed E-state index contributed by atoms with van der Waals surface area (Å²) in [4.78, 5) is 15.1. The number of carbonyl (C=O) groups excluding carboxylic acids is 1. The smallest absolute Gasteiger partial charge is 0.328 e. The lowest BCUT2D eigenvalue weighted by Gasteiger charge is -2.22. The number of ether oxygens (including phenoxy) is 2. The van der Waals surface area contributed by atoms with Crippen molar-refractivity contribution in [1.82, 2.24) is 5.59 Å². The van der Waals surface area contributed by atoms with Gasteiger partial charge in [-0.1, -0.05) is 5.59 Å². The third-order valence-corrected chi connectivity index (χ3v) is 2.02. The number of hydrogen-bond donors (Lipinski definition) is 2. The molecule has 6 heteroatoms. The fourth-order valence-electron chi connectivity index (χ4n) is 0.794. The van der Waals surface area contributed by atoms with E-state index in [1.165, 1.54) is 0 Å². The highest BCUT2D eigenvalue weighted by atomic mass is 16.7. The maximum Gasteiger partial charge on any atom is 0.328 e. The zero-order chi connectivity index (χ0) is 11.7. The van der Waals surface area contributed by atoms with Crippen molar-refractivity contribution >= 4 is 5.97 Å². The zero-order valence-corrected chi connectivity index (χ0v) is 9.54. The lowest BCUT2D eigenvalue weighted by atomic mass is 10.1. The largest absolute Gasteiger partial charge is 0.381 e. The van der Waals surface area contributed by atoms with Gasteiger partial charge in [-0.15, -0.1) is 0 Å². The monoisotopic (exact) mass is 220 g/mol. The molecule has 0 saturated carbocycles. The Morgan fingerprint density at radius 3 is 2.60 bits per heavy atom. The van der Waals surface area contributed by atoms with E-state index in [9.17, 15) is 4.79 Å². The average molecular weight is 220 g/mol. The Hall–Kier alpha value is -0.690. The molecule has 6 nitrogen and oxygen atoms in total. The molecule has 0 radical (unpaired) electrons. The van der Waals surface area contributed by atoms with E-state index >= 15 is 0 Å². The van der Waals surface area contributed by atoms with Gasteiger partial charge in [-0.2, -0.15) is 0 Å². The number of nitrogens with one attached hydrogen (secondary N) is 1. The summed E-state index contributed by atoms with van der Waals surface area (Å²) in [5, 5.41) is 0. The van der Waals surface area contributed by atoms with Gasteiger partial charge in [0.15, 0.2) is 0 Å². The molecule has 0 aliphatic heterocycles. The first-order valence-electron chi connectivity index (χ1n) is 4.80. The molecule has 90 valence electrons. The predicted molar refractivity (Wildman–Crippen MR) is 54.6 cm³/mol. The Morgan fingerprint density at radius 2 is 2.07 bits per heavy atom. The van der Waals surface area contributed by atoms with E-state index in [1.54, 1.807) is 7.11 Å². The summed E-state index contributed by atoms with van der Waals surface area (Å²) in [6, 6.07) is 0. The molecule has 0 atom stereocenters. The number of hydrazine groups is 1. The third kappa shape index (κ3) is 8.31. The van der Waals surface area contributed by atoms with Crippen LogP contribution in [-0.2, 0) is 19.1 Å². The van der Waals surface area contributed by atoms with Crippen LogP contribution in [0.5, 0.6) is 0 Å². The van der Waals surface area contributed by atoms with Crippen molar-refractivity contribution in [3.05, 3.63) is 0 Å². The van der Waals surface area contributed by atoms with Crippen LogP contribution in [0.3, 0.4) is 0 Å². The van der Waals surface area contributed by atoms with Crippen molar-refractivity contribution in [1.29, 1.82) is 0 Å². The summed E-state index contributed by atoms with van der Waals surface area (Å²) in [5.74, 6) is 4.34. The molecule has 0 bridgehead atoms. The van der Waals surface area contributed by atoms with Crippen LogP contribution >= 0.6 is 0 Å². The molecule has 3 N–H and O–H groups in total.